The number of hydrogen-bond acceptors (Lipinski definition) is 4. The summed E-state index contributed by atoms with van der Waals surface area (Å²) in [6.45, 7) is -0.161. The fourth-order valence-electron chi connectivity index (χ4n) is 3.22. The number of aromatic nitrogens is 3. The number of aliphatic hydroxyl groups is 1. The predicted octanol–water partition coefficient (Wildman–Crippen LogP) is 2.71. The molecule has 4 aromatic rings. The molecule has 0 aliphatic carbocycles. The highest BCUT2D eigenvalue weighted by Crippen LogP contribution is 2.25. The number of fused-ring (bicyclic) bond motifs is 1. The monoisotopic (exact) mass is 374 g/mol. The molecule has 2 aromatic heterocycles. The van der Waals surface area contributed by atoms with E-state index >= 15 is 0 Å². The minimum atomic E-state index is -0.385. The number of nitrogens with zero attached hydrogens (tertiary/aromatic N) is 4. The lowest BCUT2D eigenvalue weighted by Crippen LogP contribution is -2.23. The predicted molar refractivity (Wildman–Crippen MR) is 101 cm³/mol. The van der Waals surface area contributed by atoms with Crippen LogP contribution in [-0.4, -0.2) is 19.3 Å². The van der Waals surface area contributed by atoms with Gasteiger partial charge in [-0.05, 0) is 35.9 Å². The number of rotatable bonds is 4. The van der Waals surface area contributed by atoms with Crippen molar-refractivity contribution in [1.82, 2.24) is 14.2 Å². The molecular formula is C21H15FN4O2. The summed E-state index contributed by atoms with van der Waals surface area (Å²) < 4.78 is 16.1. The average molecular weight is 374 g/mol. The highest BCUT2D eigenvalue weighted by atomic mass is 19.1. The molecule has 0 aliphatic rings. The second-order valence-electron chi connectivity index (χ2n) is 6.29. The minimum absolute atomic E-state index is 0.223. The first-order chi connectivity index (χ1) is 13.6. The smallest absolute Gasteiger partial charge is 0.277 e. The Hall–Kier alpha value is -3.76. The molecule has 0 unspecified atom stereocenters. The van der Waals surface area contributed by atoms with Gasteiger partial charge in [-0.2, -0.15) is 10.4 Å². The van der Waals surface area contributed by atoms with Crippen molar-refractivity contribution in [2.75, 3.05) is 0 Å². The van der Waals surface area contributed by atoms with E-state index in [9.17, 15) is 19.6 Å². The molecule has 0 atom stereocenters. The number of hydrogen-bond donors (Lipinski definition) is 1. The maximum Gasteiger partial charge on any atom is 0.277 e. The van der Waals surface area contributed by atoms with Crippen molar-refractivity contribution in [2.24, 2.45) is 0 Å². The van der Waals surface area contributed by atoms with Gasteiger partial charge in [-0.15, -0.1) is 0 Å². The summed E-state index contributed by atoms with van der Waals surface area (Å²) in [5.41, 5.74) is 2.54. The Labute approximate surface area is 159 Å². The molecule has 0 saturated carbocycles. The first-order valence-electron chi connectivity index (χ1n) is 8.58. The molecule has 28 heavy (non-hydrogen) atoms. The minimum Gasteiger partial charge on any atom is -0.392 e. The van der Waals surface area contributed by atoms with E-state index in [0.717, 1.165) is 5.56 Å². The van der Waals surface area contributed by atoms with Gasteiger partial charge in [0.2, 0.25) is 0 Å². The maximum absolute atomic E-state index is 13.2. The van der Waals surface area contributed by atoms with Crippen LogP contribution >= 0.6 is 0 Å². The lowest BCUT2D eigenvalue weighted by atomic mass is 10.1. The van der Waals surface area contributed by atoms with Crippen LogP contribution in [0.5, 0.6) is 0 Å². The molecule has 0 bridgehead atoms. The van der Waals surface area contributed by atoms with Crippen LogP contribution in [0.25, 0.3) is 16.8 Å². The van der Waals surface area contributed by atoms with E-state index in [1.165, 1.54) is 21.2 Å². The quantitative estimate of drug-likeness (QED) is 0.595. The molecule has 0 radical (unpaired) electrons. The molecule has 1 N–H and O–H groups in total. The topological polar surface area (TPSA) is 83.3 Å². The van der Waals surface area contributed by atoms with Gasteiger partial charge in [-0.25, -0.2) is 8.91 Å². The summed E-state index contributed by atoms with van der Waals surface area (Å²) >= 11 is 0. The summed E-state index contributed by atoms with van der Waals surface area (Å²) in [5.74, 6) is -0.378. The Bertz CT molecular complexity index is 1270. The standard InChI is InChI=1S/C21H15FN4O2/c22-17-7-5-14(6-8-17)19-18(13-27)20-21(28)25(9-10-26(20)24-19)12-16-4-2-1-3-15(16)11-23/h1-10,27H,12-13H2. The van der Waals surface area contributed by atoms with Crippen molar-refractivity contribution in [2.45, 2.75) is 13.2 Å². The van der Waals surface area contributed by atoms with Crippen LogP contribution in [0.3, 0.4) is 0 Å². The Morgan fingerprint density at radius 1 is 1.11 bits per heavy atom. The summed E-state index contributed by atoms with van der Waals surface area (Å²) in [6.07, 6.45) is 3.21. The van der Waals surface area contributed by atoms with Crippen LogP contribution in [0.1, 0.15) is 16.7 Å². The van der Waals surface area contributed by atoms with Crippen molar-refractivity contribution in [1.29, 1.82) is 5.26 Å². The van der Waals surface area contributed by atoms with Gasteiger partial charge in [0.25, 0.3) is 5.56 Å². The zero-order valence-electron chi connectivity index (χ0n) is 14.7. The molecule has 2 heterocycles. The van der Waals surface area contributed by atoms with E-state index in [1.54, 1.807) is 42.7 Å². The van der Waals surface area contributed by atoms with Gasteiger partial charge in [0.15, 0.2) is 0 Å². The van der Waals surface area contributed by atoms with Crippen molar-refractivity contribution in [3.8, 4) is 17.3 Å². The molecule has 138 valence electrons. The molecular weight excluding hydrogens is 359 g/mol. The number of halogens is 1. The number of benzene rings is 2. The first kappa shape index (κ1) is 17.6. The molecule has 0 saturated heterocycles. The molecule has 0 aliphatic heterocycles. The van der Waals surface area contributed by atoms with E-state index in [-0.39, 0.29) is 30.0 Å². The van der Waals surface area contributed by atoms with Crippen molar-refractivity contribution in [3.63, 3.8) is 0 Å². The van der Waals surface area contributed by atoms with Crippen LogP contribution in [-0.2, 0) is 13.2 Å². The second-order valence-corrected chi connectivity index (χ2v) is 6.29. The molecule has 0 amide bonds. The van der Waals surface area contributed by atoms with E-state index in [2.05, 4.69) is 11.2 Å². The Morgan fingerprint density at radius 3 is 2.57 bits per heavy atom. The van der Waals surface area contributed by atoms with Crippen molar-refractivity contribution in [3.05, 3.63) is 93.8 Å². The van der Waals surface area contributed by atoms with E-state index < -0.39 is 0 Å². The SMILES string of the molecule is N#Cc1ccccc1Cn1ccn2nc(-c3ccc(F)cc3)c(CO)c2c1=O. The number of aliphatic hydroxyl groups excluding tert-OH is 1. The van der Waals surface area contributed by atoms with E-state index in [4.69, 9.17) is 0 Å². The highest BCUT2D eigenvalue weighted by molar-refractivity contribution is 5.72. The van der Waals surface area contributed by atoms with Gasteiger partial charge < -0.3 is 9.67 Å². The summed E-state index contributed by atoms with van der Waals surface area (Å²) in [4.78, 5) is 13.1. The third kappa shape index (κ3) is 2.96. The molecule has 0 spiro atoms. The zero-order valence-corrected chi connectivity index (χ0v) is 14.7. The third-order valence-electron chi connectivity index (χ3n) is 4.61. The molecule has 0 fully saturated rings. The van der Waals surface area contributed by atoms with E-state index in [0.29, 0.717) is 22.4 Å². The van der Waals surface area contributed by atoms with Crippen LogP contribution < -0.4 is 5.56 Å². The lowest BCUT2D eigenvalue weighted by molar-refractivity contribution is 0.283. The molecule has 4 rings (SSSR count). The second kappa shape index (κ2) is 7.10. The largest absolute Gasteiger partial charge is 0.392 e. The van der Waals surface area contributed by atoms with E-state index in [1.807, 2.05) is 6.07 Å². The molecule has 7 heteroatoms. The van der Waals surface area contributed by atoms with Crippen LogP contribution in [0.4, 0.5) is 4.39 Å². The van der Waals surface area contributed by atoms with Crippen molar-refractivity contribution < 1.29 is 9.50 Å². The van der Waals surface area contributed by atoms with Crippen LogP contribution in [0.15, 0.2) is 65.7 Å². The normalized spacial score (nSPS) is 10.9. The van der Waals surface area contributed by atoms with Gasteiger partial charge in [-0.3, -0.25) is 4.79 Å². The number of nitriles is 1. The first-order valence-corrected chi connectivity index (χ1v) is 8.58. The lowest BCUT2D eigenvalue weighted by Gasteiger charge is -2.08. The molecule has 2 aromatic carbocycles. The van der Waals surface area contributed by atoms with Gasteiger partial charge >= 0.3 is 0 Å². The Balaban J connectivity index is 1.86. The molecule has 6 nitrogen and oxygen atoms in total. The van der Waals surface area contributed by atoms with Crippen molar-refractivity contribution >= 4 is 5.52 Å². The van der Waals surface area contributed by atoms with Gasteiger partial charge in [0.1, 0.15) is 11.3 Å². The van der Waals surface area contributed by atoms with Crippen LogP contribution in [0.2, 0.25) is 0 Å². The fraction of sp³-hybridized carbons (Fsp3) is 0.0952. The Kier molecular flexibility index (Phi) is 4.47. The zero-order chi connectivity index (χ0) is 19.7. The average Bonchev–Trinajstić information content (AvgIpc) is 3.10. The maximum atomic E-state index is 13.2. The summed E-state index contributed by atoms with van der Waals surface area (Å²) in [5, 5.41) is 23.5. The highest BCUT2D eigenvalue weighted by Gasteiger charge is 2.18. The van der Waals surface area contributed by atoms with Gasteiger partial charge in [-0.1, -0.05) is 18.2 Å². The van der Waals surface area contributed by atoms with Gasteiger partial charge in [0.05, 0.1) is 30.5 Å². The third-order valence-corrected chi connectivity index (χ3v) is 4.61. The summed E-state index contributed by atoms with van der Waals surface area (Å²) in [7, 11) is 0. The van der Waals surface area contributed by atoms with Gasteiger partial charge in [0, 0.05) is 23.5 Å². The van der Waals surface area contributed by atoms with Crippen LogP contribution in [0, 0.1) is 17.1 Å². The fourth-order valence-corrected chi connectivity index (χ4v) is 3.22. The Morgan fingerprint density at radius 2 is 1.86 bits per heavy atom. The summed E-state index contributed by atoms with van der Waals surface area (Å²) in [6, 6.07) is 14.9.